The van der Waals surface area contributed by atoms with Crippen LogP contribution >= 0.6 is 7.92 Å². The van der Waals surface area contributed by atoms with Crippen molar-refractivity contribution in [2.45, 2.75) is 19.6 Å². The van der Waals surface area contributed by atoms with Crippen LogP contribution < -0.4 is 15.8 Å². The highest BCUT2D eigenvalue weighted by Crippen LogP contribution is 2.28. The van der Waals surface area contributed by atoms with Crippen molar-refractivity contribution in [3.63, 3.8) is 0 Å². The summed E-state index contributed by atoms with van der Waals surface area (Å²) in [4.78, 5) is 0. The van der Waals surface area contributed by atoms with E-state index in [0.29, 0.717) is 0 Å². The van der Waals surface area contributed by atoms with Gasteiger partial charge in [0.25, 0.3) is 0 Å². The topological polar surface area (TPSA) is 0 Å². The quantitative estimate of drug-likeness (QED) is 0.594. The maximum atomic E-state index is 2.43. The second-order valence-corrected chi connectivity index (χ2v) is 12.8. The Morgan fingerprint density at radius 3 is 1.94 bits per heavy atom. The largest absolute Gasteiger partial charge is 0.0784 e. The van der Waals surface area contributed by atoms with Crippen LogP contribution in [0.2, 0.25) is 19.6 Å². The Balaban J connectivity index is 2.46. The van der Waals surface area contributed by atoms with E-state index in [-0.39, 0.29) is 7.92 Å². The van der Waals surface area contributed by atoms with Gasteiger partial charge in [-0.3, -0.25) is 0 Å². The molecule has 2 heteroatoms. The summed E-state index contributed by atoms with van der Waals surface area (Å²) in [5.41, 5.74) is 0. The van der Waals surface area contributed by atoms with E-state index < -0.39 is 8.07 Å². The van der Waals surface area contributed by atoms with Gasteiger partial charge in [-0.25, -0.2) is 0 Å². The predicted molar refractivity (Wildman–Crippen MR) is 88.0 cm³/mol. The third-order valence-corrected chi connectivity index (χ3v) is 7.66. The van der Waals surface area contributed by atoms with Crippen LogP contribution in [0.3, 0.4) is 0 Å². The summed E-state index contributed by atoms with van der Waals surface area (Å²) in [5, 5.41) is 4.65. The summed E-state index contributed by atoms with van der Waals surface area (Å²) in [6.07, 6.45) is 0. The fourth-order valence-electron chi connectivity index (χ4n) is 2.19. The van der Waals surface area contributed by atoms with Crippen LogP contribution in [-0.4, -0.2) is 14.7 Å². The monoisotopic (exact) mass is 272 g/mol. The van der Waals surface area contributed by atoms with Crippen molar-refractivity contribution < 1.29 is 0 Å². The minimum Gasteiger partial charge on any atom is -0.0656 e. The van der Waals surface area contributed by atoms with Crippen LogP contribution in [0.4, 0.5) is 0 Å². The average molecular weight is 272 g/mol. The maximum absolute atomic E-state index is 2.43. The van der Waals surface area contributed by atoms with Crippen molar-refractivity contribution in [2.75, 3.05) is 6.66 Å². The van der Waals surface area contributed by atoms with Crippen molar-refractivity contribution in [3.05, 3.63) is 54.6 Å². The molecular weight excluding hydrogens is 251 g/mol. The molecule has 2 rings (SSSR count). The highest BCUT2D eigenvalue weighted by molar-refractivity contribution is 7.72. The summed E-state index contributed by atoms with van der Waals surface area (Å²) in [6.45, 7) is 9.67. The first-order valence-electron chi connectivity index (χ1n) is 6.38. The van der Waals surface area contributed by atoms with Gasteiger partial charge in [0.15, 0.2) is 0 Å². The number of benzene rings is 2. The van der Waals surface area contributed by atoms with Gasteiger partial charge in [-0.2, -0.15) is 0 Å². The van der Waals surface area contributed by atoms with Crippen molar-refractivity contribution in [1.82, 2.24) is 0 Å². The zero-order valence-corrected chi connectivity index (χ0v) is 13.5. The maximum Gasteiger partial charge on any atom is 0.0784 e. The molecular formula is C16H21PSi. The van der Waals surface area contributed by atoms with Gasteiger partial charge in [0, 0.05) is 0 Å². The normalized spacial score (nSPS) is 13.3. The molecule has 0 fully saturated rings. The van der Waals surface area contributed by atoms with E-state index in [1.165, 1.54) is 5.30 Å². The first-order chi connectivity index (χ1) is 8.50. The molecule has 0 aliphatic heterocycles. The molecule has 0 amide bonds. The molecule has 2 aromatic rings. The van der Waals surface area contributed by atoms with Gasteiger partial charge in [0.2, 0.25) is 0 Å². The fraction of sp³-hybridized carbons (Fsp3) is 0.250. The average Bonchev–Trinajstić information content (AvgIpc) is 2.38. The lowest BCUT2D eigenvalue weighted by Gasteiger charge is -2.24. The van der Waals surface area contributed by atoms with Crippen LogP contribution in [-0.2, 0) is 0 Å². The lowest BCUT2D eigenvalue weighted by atomic mass is 10.4. The molecule has 0 spiro atoms. The summed E-state index contributed by atoms with van der Waals surface area (Å²) in [6, 6.07) is 19.9. The number of hydrogen-bond acceptors (Lipinski definition) is 0. The Labute approximate surface area is 113 Å². The first-order valence-corrected chi connectivity index (χ1v) is 11.7. The van der Waals surface area contributed by atoms with E-state index in [9.17, 15) is 0 Å². The third kappa shape index (κ3) is 2.91. The Morgan fingerprint density at radius 1 is 0.778 bits per heavy atom. The molecule has 0 aliphatic rings. The second-order valence-electron chi connectivity index (χ2n) is 5.66. The van der Waals surface area contributed by atoms with E-state index in [1.807, 2.05) is 0 Å². The molecule has 0 radical (unpaired) electrons. The molecule has 0 heterocycles. The molecule has 1 atom stereocenters. The molecule has 0 saturated carbocycles. The SMILES string of the molecule is CP(c1ccccc1)c1ccccc1[Si](C)(C)C. The van der Waals surface area contributed by atoms with Crippen molar-refractivity contribution in [1.29, 1.82) is 0 Å². The molecule has 0 aromatic heterocycles. The van der Waals surface area contributed by atoms with Crippen LogP contribution in [0.15, 0.2) is 54.6 Å². The molecule has 0 bridgehead atoms. The molecule has 18 heavy (non-hydrogen) atoms. The van der Waals surface area contributed by atoms with Crippen molar-refractivity contribution in [3.8, 4) is 0 Å². The van der Waals surface area contributed by atoms with E-state index in [4.69, 9.17) is 0 Å². The van der Waals surface area contributed by atoms with Gasteiger partial charge in [-0.15, -0.1) is 0 Å². The number of hydrogen-bond donors (Lipinski definition) is 0. The molecule has 94 valence electrons. The van der Waals surface area contributed by atoms with Crippen LogP contribution in [0, 0.1) is 0 Å². The minimum absolute atomic E-state index is 0.221. The number of rotatable bonds is 3. The second kappa shape index (κ2) is 5.38. The van der Waals surface area contributed by atoms with Gasteiger partial charge < -0.3 is 0 Å². The zero-order chi connectivity index (χ0) is 13.2. The summed E-state index contributed by atoms with van der Waals surface area (Å²) in [7, 11) is -1.48. The highest BCUT2D eigenvalue weighted by atomic mass is 31.1. The van der Waals surface area contributed by atoms with Gasteiger partial charge in [0.05, 0.1) is 8.07 Å². The smallest absolute Gasteiger partial charge is 0.0656 e. The van der Waals surface area contributed by atoms with Gasteiger partial charge in [-0.05, 0) is 25.2 Å². The third-order valence-electron chi connectivity index (χ3n) is 3.22. The summed E-state index contributed by atoms with van der Waals surface area (Å²) >= 11 is 0. The first kappa shape index (κ1) is 13.5. The Bertz CT molecular complexity index is 514. The summed E-state index contributed by atoms with van der Waals surface area (Å²) in [5.74, 6) is 0. The summed E-state index contributed by atoms with van der Waals surface area (Å²) < 4.78 is 0. The Kier molecular flexibility index (Phi) is 4.04. The van der Waals surface area contributed by atoms with Crippen LogP contribution in [0.25, 0.3) is 0 Å². The molecule has 0 saturated heterocycles. The molecule has 0 N–H and O–H groups in total. The van der Waals surface area contributed by atoms with Gasteiger partial charge >= 0.3 is 0 Å². The van der Waals surface area contributed by atoms with E-state index in [1.54, 1.807) is 10.5 Å². The molecule has 1 unspecified atom stereocenters. The Morgan fingerprint density at radius 2 is 1.33 bits per heavy atom. The van der Waals surface area contributed by atoms with Crippen LogP contribution in [0.5, 0.6) is 0 Å². The predicted octanol–water partition coefficient (Wildman–Crippen LogP) is 3.29. The zero-order valence-electron chi connectivity index (χ0n) is 11.6. The van der Waals surface area contributed by atoms with Crippen LogP contribution in [0.1, 0.15) is 0 Å². The van der Waals surface area contributed by atoms with Gasteiger partial charge in [-0.1, -0.05) is 79.4 Å². The standard InChI is InChI=1S/C16H21PSi/c1-17(14-10-6-5-7-11-14)15-12-8-9-13-16(15)18(2,3)4/h5-13H,1-4H3. The van der Waals surface area contributed by atoms with Gasteiger partial charge in [0.1, 0.15) is 0 Å². The highest BCUT2D eigenvalue weighted by Gasteiger charge is 2.22. The van der Waals surface area contributed by atoms with E-state index >= 15 is 0 Å². The minimum atomic E-state index is -1.26. The molecule has 2 aromatic carbocycles. The van der Waals surface area contributed by atoms with Crippen molar-refractivity contribution >= 4 is 31.8 Å². The lowest BCUT2D eigenvalue weighted by molar-refractivity contribution is 1.71. The van der Waals surface area contributed by atoms with Crippen molar-refractivity contribution in [2.24, 2.45) is 0 Å². The lowest BCUT2D eigenvalue weighted by Crippen LogP contribution is -2.46. The molecule has 0 aliphatic carbocycles. The fourth-order valence-corrected chi connectivity index (χ4v) is 6.79. The van der Waals surface area contributed by atoms with E-state index in [0.717, 1.165) is 0 Å². The Hall–Kier alpha value is -0.913. The van der Waals surface area contributed by atoms with E-state index in [2.05, 4.69) is 80.9 Å². The molecule has 0 nitrogen and oxygen atoms in total.